The quantitative estimate of drug-likeness (QED) is 0.753. The third kappa shape index (κ3) is 1.60. The number of benzene rings is 1. The minimum atomic E-state index is -0.0657. The van der Waals surface area contributed by atoms with Crippen LogP contribution in [0.15, 0.2) is 24.3 Å². The van der Waals surface area contributed by atoms with Gasteiger partial charge in [0.2, 0.25) is 0 Å². The van der Waals surface area contributed by atoms with Crippen LogP contribution in [0.1, 0.15) is 46.9 Å². The normalized spacial score (nSPS) is 15.8. The summed E-state index contributed by atoms with van der Waals surface area (Å²) < 4.78 is 0. The smallest absolute Gasteiger partial charge is 0.179 e. The van der Waals surface area contributed by atoms with Crippen molar-refractivity contribution in [2.24, 2.45) is 0 Å². The molecule has 77 valence electrons. The fourth-order valence-corrected chi connectivity index (χ4v) is 1.89. The summed E-state index contributed by atoms with van der Waals surface area (Å²) in [4.78, 5) is 23.7. The van der Waals surface area contributed by atoms with E-state index < -0.39 is 0 Å². The van der Waals surface area contributed by atoms with Crippen molar-refractivity contribution < 1.29 is 9.59 Å². The molecule has 0 unspecified atom stereocenters. The molecule has 2 rings (SSSR count). The second-order valence-corrected chi connectivity index (χ2v) is 3.79. The highest BCUT2D eigenvalue weighted by Crippen LogP contribution is 2.31. The SMILES string of the molecule is CCCC[C]1C(=O)c2ccccc2C1=O. The number of rotatable bonds is 3. The number of unbranched alkanes of at least 4 members (excludes halogenated alkanes) is 1. The molecule has 1 aromatic rings. The van der Waals surface area contributed by atoms with Crippen LogP contribution in [0.2, 0.25) is 0 Å². The monoisotopic (exact) mass is 201 g/mol. The van der Waals surface area contributed by atoms with E-state index in [4.69, 9.17) is 0 Å². The molecule has 0 bridgehead atoms. The molecule has 0 spiro atoms. The van der Waals surface area contributed by atoms with Crippen LogP contribution in [0.5, 0.6) is 0 Å². The van der Waals surface area contributed by atoms with Gasteiger partial charge in [-0.2, -0.15) is 0 Å². The number of carbonyl (C=O) groups is 2. The van der Waals surface area contributed by atoms with Crippen molar-refractivity contribution in [1.82, 2.24) is 0 Å². The van der Waals surface area contributed by atoms with Gasteiger partial charge in [-0.1, -0.05) is 44.0 Å². The fraction of sp³-hybridized carbons (Fsp3) is 0.308. The number of fused-ring (bicyclic) bond motifs is 1. The molecule has 0 heterocycles. The van der Waals surface area contributed by atoms with Gasteiger partial charge in [-0.15, -0.1) is 0 Å². The summed E-state index contributed by atoms with van der Waals surface area (Å²) in [5, 5.41) is 0. The van der Waals surface area contributed by atoms with Gasteiger partial charge in [0, 0.05) is 11.1 Å². The first kappa shape index (κ1) is 10.1. The molecule has 2 nitrogen and oxygen atoms in total. The maximum atomic E-state index is 11.9. The molecule has 1 aliphatic rings. The highest BCUT2D eigenvalue weighted by molar-refractivity contribution is 6.36. The highest BCUT2D eigenvalue weighted by Gasteiger charge is 2.38. The molecule has 0 saturated heterocycles. The van der Waals surface area contributed by atoms with Gasteiger partial charge in [-0.05, 0) is 6.42 Å². The van der Waals surface area contributed by atoms with Crippen molar-refractivity contribution in [3.05, 3.63) is 41.3 Å². The second kappa shape index (κ2) is 3.97. The molecule has 0 saturated carbocycles. The van der Waals surface area contributed by atoms with Gasteiger partial charge in [0.15, 0.2) is 11.6 Å². The average molecular weight is 201 g/mol. The van der Waals surface area contributed by atoms with Crippen LogP contribution in [0.4, 0.5) is 0 Å². The molecule has 0 aliphatic heterocycles. The van der Waals surface area contributed by atoms with Crippen molar-refractivity contribution in [2.45, 2.75) is 26.2 Å². The summed E-state index contributed by atoms with van der Waals surface area (Å²) in [6.07, 6.45) is 2.52. The Morgan fingerprint density at radius 3 is 2.00 bits per heavy atom. The lowest BCUT2D eigenvalue weighted by Crippen LogP contribution is -2.12. The van der Waals surface area contributed by atoms with Gasteiger partial charge in [0.05, 0.1) is 0 Å². The Kier molecular flexibility index (Phi) is 2.67. The van der Waals surface area contributed by atoms with Gasteiger partial charge in [0.25, 0.3) is 0 Å². The maximum absolute atomic E-state index is 11.9. The Bertz CT molecular complexity index is 372. The zero-order valence-corrected chi connectivity index (χ0v) is 8.75. The molecule has 0 N–H and O–H groups in total. The molecular formula is C13H13O2. The van der Waals surface area contributed by atoms with Gasteiger partial charge in [0.1, 0.15) is 5.92 Å². The molecule has 1 aliphatic carbocycles. The molecule has 0 fully saturated rings. The third-order valence-corrected chi connectivity index (χ3v) is 2.74. The van der Waals surface area contributed by atoms with Gasteiger partial charge in [-0.3, -0.25) is 9.59 Å². The molecular weight excluding hydrogens is 188 g/mol. The number of ketones is 2. The zero-order chi connectivity index (χ0) is 10.8. The van der Waals surface area contributed by atoms with Crippen LogP contribution in [0.25, 0.3) is 0 Å². The lowest BCUT2D eigenvalue weighted by molar-refractivity contribution is 0.0943. The number of hydrogen-bond acceptors (Lipinski definition) is 2. The minimum absolute atomic E-state index is 0.0657. The zero-order valence-electron chi connectivity index (χ0n) is 8.75. The predicted octanol–water partition coefficient (Wildman–Crippen LogP) is 2.83. The van der Waals surface area contributed by atoms with Crippen molar-refractivity contribution in [3.63, 3.8) is 0 Å². The van der Waals surface area contributed by atoms with Crippen molar-refractivity contribution >= 4 is 11.6 Å². The van der Waals surface area contributed by atoms with Crippen molar-refractivity contribution in [1.29, 1.82) is 0 Å². The predicted molar refractivity (Wildman–Crippen MR) is 57.9 cm³/mol. The van der Waals surface area contributed by atoms with Gasteiger partial charge >= 0.3 is 0 Å². The van der Waals surface area contributed by atoms with E-state index in [0.29, 0.717) is 23.5 Å². The molecule has 0 atom stereocenters. The van der Waals surface area contributed by atoms with Crippen LogP contribution in [0, 0.1) is 5.92 Å². The maximum Gasteiger partial charge on any atom is 0.179 e. The standard InChI is InChI=1S/C13H13O2/c1-2-3-6-11-12(14)9-7-4-5-8-10(9)13(11)15/h4-5,7-8H,2-3,6H2,1H3. The Labute approximate surface area is 89.3 Å². The van der Waals surface area contributed by atoms with Gasteiger partial charge < -0.3 is 0 Å². The highest BCUT2D eigenvalue weighted by atomic mass is 16.2. The topological polar surface area (TPSA) is 34.1 Å². The molecule has 15 heavy (non-hydrogen) atoms. The van der Waals surface area contributed by atoms with E-state index in [1.165, 1.54) is 0 Å². The molecule has 1 aromatic carbocycles. The summed E-state index contributed by atoms with van der Waals surface area (Å²) in [7, 11) is 0. The first-order valence-corrected chi connectivity index (χ1v) is 5.30. The largest absolute Gasteiger partial charge is 0.293 e. The van der Waals surface area contributed by atoms with E-state index in [-0.39, 0.29) is 11.6 Å². The summed E-state index contributed by atoms with van der Waals surface area (Å²) >= 11 is 0. The first-order chi connectivity index (χ1) is 7.25. The van der Waals surface area contributed by atoms with Crippen molar-refractivity contribution in [2.75, 3.05) is 0 Å². The molecule has 2 heteroatoms. The van der Waals surface area contributed by atoms with Crippen LogP contribution in [0.3, 0.4) is 0 Å². The number of hydrogen-bond donors (Lipinski definition) is 0. The van der Waals surface area contributed by atoms with Crippen LogP contribution >= 0.6 is 0 Å². The van der Waals surface area contributed by atoms with E-state index in [2.05, 4.69) is 6.92 Å². The van der Waals surface area contributed by atoms with Crippen molar-refractivity contribution in [3.8, 4) is 0 Å². The van der Waals surface area contributed by atoms with E-state index in [1.807, 2.05) is 0 Å². The van der Waals surface area contributed by atoms with E-state index >= 15 is 0 Å². The molecule has 1 radical (unpaired) electrons. The van der Waals surface area contributed by atoms with E-state index in [0.717, 1.165) is 12.8 Å². The summed E-state index contributed by atoms with van der Waals surface area (Å²) in [6.45, 7) is 2.05. The lowest BCUT2D eigenvalue weighted by atomic mass is 9.97. The fourth-order valence-electron chi connectivity index (χ4n) is 1.89. The number of Topliss-reactive ketones (excluding diaryl/α,β-unsaturated/α-hetero) is 2. The molecule has 0 amide bonds. The second-order valence-electron chi connectivity index (χ2n) is 3.79. The van der Waals surface area contributed by atoms with Crippen LogP contribution in [-0.4, -0.2) is 11.6 Å². The lowest BCUT2D eigenvalue weighted by Gasteiger charge is -2.02. The summed E-state index contributed by atoms with van der Waals surface area (Å²) in [5.41, 5.74) is 1.15. The van der Waals surface area contributed by atoms with Crippen LogP contribution in [-0.2, 0) is 0 Å². The summed E-state index contributed by atoms with van der Waals surface area (Å²) in [6, 6.07) is 7.06. The van der Waals surface area contributed by atoms with E-state index in [9.17, 15) is 9.59 Å². The van der Waals surface area contributed by atoms with Crippen LogP contribution < -0.4 is 0 Å². The Hall–Kier alpha value is -1.44. The minimum Gasteiger partial charge on any atom is -0.293 e. The third-order valence-electron chi connectivity index (χ3n) is 2.74. The Morgan fingerprint density at radius 1 is 1.00 bits per heavy atom. The summed E-state index contributed by atoms with van der Waals surface area (Å²) in [5.74, 6) is 0.339. The Balaban J connectivity index is 2.29. The molecule has 0 aromatic heterocycles. The first-order valence-electron chi connectivity index (χ1n) is 5.30. The average Bonchev–Trinajstić information content (AvgIpc) is 2.51. The van der Waals surface area contributed by atoms with E-state index in [1.54, 1.807) is 24.3 Å². The Morgan fingerprint density at radius 2 is 1.53 bits per heavy atom. The number of carbonyl (C=O) groups excluding carboxylic acids is 2. The van der Waals surface area contributed by atoms with Gasteiger partial charge in [-0.25, -0.2) is 0 Å².